The zero-order valence-corrected chi connectivity index (χ0v) is 6.32. The molecule has 1 heterocycles. The highest BCUT2D eigenvalue weighted by atomic mass is 16.5. The summed E-state index contributed by atoms with van der Waals surface area (Å²) in [4.78, 5) is 3.94. The van der Waals surface area contributed by atoms with E-state index in [0.29, 0.717) is 18.1 Å². The van der Waals surface area contributed by atoms with Gasteiger partial charge in [-0.1, -0.05) is 5.16 Å². The Bertz CT molecular complexity index is 221. The summed E-state index contributed by atoms with van der Waals surface area (Å²) in [5, 5.41) is 12.1. The lowest BCUT2D eigenvalue weighted by atomic mass is 10.4. The van der Waals surface area contributed by atoms with Gasteiger partial charge < -0.3 is 15.4 Å². The molecule has 0 radical (unpaired) electrons. The first-order valence-electron chi connectivity index (χ1n) is 3.43. The molecule has 0 amide bonds. The lowest BCUT2D eigenvalue weighted by Gasteiger charge is -1.92. The van der Waals surface area contributed by atoms with Gasteiger partial charge in [-0.25, -0.2) is 0 Å². The minimum absolute atomic E-state index is 0.0257. The molecule has 1 rings (SSSR count). The third-order valence-electron chi connectivity index (χ3n) is 1.21. The molecule has 0 fully saturated rings. The van der Waals surface area contributed by atoms with Gasteiger partial charge in [0.15, 0.2) is 5.82 Å². The number of hydrogen-bond acceptors (Lipinski definition) is 5. The fourth-order valence-corrected chi connectivity index (χ4v) is 0.654. The molecule has 1 atom stereocenters. The maximum absolute atomic E-state index is 8.51. The van der Waals surface area contributed by atoms with Crippen LogP contribution in [0.1, 0.15) is 24.7 Å². The number of nitrogens with zero attached hydrogens (tertiary/aromatic N) is 2. The largest absolute Gasteiger partial charge is 0.396 e. The van der Waals surface area contributed by atoms with Gasteiger partial charge in [0.1, 0.15) is 0 Å². The van der Waals surface area contributed by atoms with E-state index in [-0.39, 0.29) is 12.6 Å². The van der Waals surface area contributed by atoms with Gasteiger partial charge in [0.05, 0.1) is 12.6 Å². The van der Waals surface area contributed by atoms with E-state index < -0.39 is 0 Å². The van der Waals surface area contributed by atoms with Crippen molar-refractivity contribution in [2.75, 3.05) is 6.61 Å². The second kappa shape index (κ2) is 3.45. The zero-order chi connectivity index (χ0) is 8.27. The van der Waals surface area contributed by atoms with Gasteiger partial charge in [-0.15, -0.1) is 0 Å². The predicted molar refractivity (Wildman–Crippen MR) is 37.7 cm³/mol. The maximum atomic E-state index is 8.51. The van der Waals surface area contributed by atoms with Crippen LogP contribution in [0.4, 0.5) is 0 Å². The fraction of sp³-hybridized carbons (Fsp3) is 0.667. The minimum Gasteiger partial charge on any atom is -0.396 e. The Hall–Kier alpha value is -0.940. The first kappa shape index (κ1) is 8.16. The standard InChI is InChI=1S/C6H11N3O2/c1-4(7)6-8-5(2-3-10)9-11-6/h4,10H,2-3,7H2,1H3/t4-/m0/s1. The van der Waals surface area contributed by atoms with Gasteiger partial charge in [0.25, 0.3) is 0 Å². The smallest absolute Gasteiger partial charge is 0.243 e. The molecule has 0 aliphatic rings. The summed E-state index contributed by atoms with van der Waals surface area (Å²) in [6, 6.07) is -0.241. The Labute approximate surface area is 64.2 Å². The van der Waals surface area contributed by atoms with Crippen molar-refractivity contribution in [1.82, 2.24) is 10.1 Å². The van der Waals surface area contributed by atoms with Crippen LogP contribution in [-0.4, -0.2) is 21.9 Å². The Morgan fingerprint density at radius 2 is 2.45 bits per heavy atom. The van der Waals surface area contributed by atoms with Gasteiger partial charge in [0, 0.05) is 6.42 Å². The van der Waals surface area contributed by atoms with Crippen molar-refractivity contribution in [1.29, 1.82) is 0 Å². The van der Waals surface area contributed by atoms with Crippen molar-refractivity contribution in [2.24, 2.45) is 5.73 Å². The van der Waals surface area contributed by atoms with Crippen LogP contribution in [0.15, 0.2) is 4.52 Å². The van der Waals surface area contributed by atoms with Crippen molar-refractivity contribution in [3.05, 3.63) is 11.7 Å². The molecule has 62 valence electrons. The number of aliphatic hydroxyl groups excluding tert-OH is 1. The first-order valence-corrected chi connectivity index (χ1v) is 3.43. The quantitative estimate of drug-likeness (QED) is 0.625. The molecule has 1 aromatic heterocycles. The molecule has 5 heteroatoms. The number of rotatable bonds is 3. The Morgan fingerprint density at radius 1 is 1.73 bits per heavy atom. The van der Waals surface area contributed by atoms with Crippen molar-refractivity contribution in [2.45, 2.75) is 19.4 Å². The molecule has 0 unspecified atom stereocenters. The van der Waals surface area contributed by atoms with Crippen molar-refractivity contribution in [3.8, 4) is 0 Å². The van der Waals surface area contributed by atoms with Gasteiger partial charge in [-0.2, -0.15) is 4.98 Å². The highest BCUT2D eigenvalue weighted by Gasteiger charge is 2.08. The van der Waals surface area contributed by atoms with Gasteiger partial charge in [0.2, 0.25) is 5.89 Å². The number of aliphatic hydroxyl groups is 1. The second-order valence-electron chi connectivity index (χ2n) is 2.31. The van der Waals surface area contributed by atoms with Crippen LogP contribution in [-0.2, 0) is 6.42 Å². The average Bonchev–Trinajstić information content (AvgIpc) is 2.37. The minimum atomic E-state index is -0.241. The molecular weight excluding hydrogens is 146 g/mol. The molecule has 5 nitrogen and oxygen atoms in total. The summed E-state index contributed by atoms with van der Waals surface area (Å²) in [5.41, 5.74) is 5.46. The third-order valence-corrected chi connectivity index (χ3v) is 1.21. The molecule has 0 saturated carbocycles. The van der Waals surface area contributed by atoms with E-state index in [9.17, 15) is 0 Å². The van der Waals surface area contributed by atoms with E-state index in [4.69, 9.17) is 15.4 Å². The zero-order valence-electron chi connectivity index (χ0n) is 6.32. The van der Waals surface area contributed by atoms with Crippen LogP contribution in [0.5, 0.6) is 0 Å². The van der Waals surface area contributed by atoms with E-state index in [0.717, 1.165) is 0 Å². The van der Waals surface area contributed by atoms with E-state index >= 15 is 0 Å². The van der Waals surface area contributed by atoms with Crippen molar-refractivity contribution >= 4 is 0 Å². The SMILES string of the molecule is C[C@H](N)c1nc(CCO)no1. The summed E-state index contributed by atoms with van der Waals surface area (Å²) in [6.45, 7) is 1.79. The van der Waals surface area contributed by atoms with E-state index in [1.165, 1.54) is 0 Å². The van der Waals surface area contributed by atoms with E-state index in [2.05, 4.69) is 10.1 Å². The summed E-state index contributed by atoms with van der Waals surface area (Å²) in [7, 11) is 0. The topological polar surface area (TPSA) is 85.2 Å². The molecule has 11 heavy (non-hydrogen) atoms. The molecule has 1 aromatic rings. The fourth-order valence-electron chi connectivity index (χ4n) is 0.654. The highest BCUT2D eigenvalue weighted by molar-refractivity contribution is 4.89. The van der Waals surface area contributed by atoms with Gasteiger partial charge >= 0.3 is 0 Å². The van der Waals surface area contributed by atoms with Crippen LogP contribution in [0.2, 0.25) is 0 Å². The Morgan fingerprint density at radius 3 is 2.91 bits per heavy atom. The molecule has 0 aromatic carbocycles. The maximum Gasteiger partial charge on any atom is 0.243 e. The summed E-state index contributed by atoms with van der Waals surface area (Å²) < 4.78 is 4.78. The molecule has 0 spiro atoms. The molecule has 3 N–H and O–H groups in total. The Kier molecular flexibility index (Phi) is 2.56. The van der Waals surface area contributed by atoms with E-state index in [1.807, 2.05) is 0 Å². The second-order valence-corrected chi connectivity index (χ2v) is 2.31. The van der Waals surface area contributed by atoms with Crippen LogP contribution in [0.25, 0.3) is 0 Å². The monoisotopic (exact) mass is 157 g/mol. The van der Waals surface area contributed by atoms with Gasteiger partial charge in [-0.05, 0) is 6.92 Å². The number of hydrogen-bond donors (Lipinski definition) is 2. The summed E-state index contributed by atoms with van der Waals surface area (Å²) in [6.07, 6.45) is 0.413. The number of aromatic nitrogens is 2. The van der Waals surface area contributed by atoms with Crippen LogP contribution >= 0.6 is 0 Å². The third kappa shape index (κ3) is 1.99. The van der Waals surface area contributed by atoms with Crippen molar-refractivity contribution < 1.29 is 9.63 Å². The summed E-state index contributed by atoms with van der Waals surface area (Å²) in [5.74, 6) is 0.910. The lowest BCUT2D eigenvalue weighted by Crippen LogP contribution is -2.05. The predicted octanol–water partition coefficient (Wildman–Crippen LogP) is -0.376. The Balaban J connectivity index is 2.66. The van der Waals surface area contributed by atoms with Gasteiger partial charge in [-0.3, -0.25) is 0 Å². The lowest BCUT2D eigenvalue weighted by molar-refractivity contribution is 0.292. The van der Waals surface area contributed by atoms with Crippen LogP contribution < -0.4 is 5.73 Å². The van der Waals surface area contributed by atoms with Crippen molar-refractivity contribution in [3.63, 3.8) is 0 Å². The molecule has 0 aliphatic heterocycles. The highest BCUT2D eigenvalue weighted by Crippen LogP contribution is 2.05. The first-order chi connectivity index (χ1) is 5.24. The normalized spacial score (nSPS) is 13.4. The van der Waals surface area contributed by atoms with E-state index in [1.54, 1.807) is 6.92 Å². The summed E-state index contributed by atoms with van der Waals surface area (Å²) >= 11 is 0. The van der Waals surface area contributed by atoms with Crippen LogP contribution in [0, 0.1) is 0 Å². The molecular formula is C6H11N3O2. The molecule has 0 saturated heterocycles. The number of nitrogens with two attached hydrogens (primary N) is 1. The molecule has 0 bridgehead atoms. The average molecular weight is 157 g/mol. The molecule has 0 aliphatic carbocycles. The van der Waals surface area contributed by atoms with Crippen LogP contribution in [0.3, 0.4) is 0 Å².